The van der Waals surface area contributed by atoms with Crippen molar-refractivity contribution in [1.29, 1.82) is 0 Å². The molecule has 1 aromatic carbocycles. The molecule has 0 spiro atoms. The predicted molar refractivity (Wildman–Crippen MR) is 122 cm³/mol. The Morgan fingerprint density at radius 1 is 1.17 bits per heavy atom. The summed E-state index contributed by atoms with van der Waals surface area (Å²) in [5.41, 5.74) is 14.9. The van der Waals surface area contributed by atoms with Crippen molar-refractivity contribution in [3.8, 4) is 0 Å². The van der Waals surface area contributed by atoms with Crippen LogP contribution in [0.15, 0.2) is 47.3 Å². The molecule has 154 valence electrons. The first-order valence-electron chi connectivity index (χ1n) is 10.1. The number of rotatable bonds is 4. The van der Waals surface area contributed by atoms with Crippen molar-refractivity contribution in [3.05, 3.63) is 52.9 Å². The summed E-state index contributed by atoms with van der Waals surface area (Å²) in [7, 11) is 0. The summed E-state index contributed by atoms with van der Waals surface area (Å²) in [6, 6.07) is 10.3. The molecule has 4 N–H and O–H groups in total. The Morgan fingerprint density at radius 3 is 2.90 bits per heavy atom. The molecule has 1 saturated heterocycles. The summed E-state index contributed by atoms with van der Waals surface area (Å²) in [6.07, 6.45) is 6.54. The summed E-state index contributed by atoms with van der Waals surface area (Å²) < 4.78 is 9.34. The second-order valence-corrected chi connectivity index (χ2v) is 8.86. The van der Waals surface area contributed by atoms with E-state index in [0.717, 1.165) is 45.7 Å². The summed E-state index contributed by atoms with van der Waals surface area (Å²) in [5.74, 6) is 1.40. The average molecular weight is 467 g/mol. The molecule has 4 heterocycles. The van der Waals surface area contributed by atoms with E-state index in [2.05, 4.69) is 60.6 Å². The fourth-order valence-electron chi connectivity index (χ4n) is 4.32. The summed E-state index contributed by atoms with van der Waals surface area (Å²) in [4.78, 5) is 13.0. The maximum atomic E-state index is 6.43. The van der Waals surface area contributed by atoms with Crippen molar-refractivity contribution in [2.45, 2.75) is 38.5 Å². The van der Waals surface area contributed by atoms with Crippen molar-refractivity contribution in [2.24, 2.45) is 5.92 Å². The first kappa shape index (κ1) is 19.3. The Morgan fingerprint density at radius 2 is 2.03 bits per heavy atom. The normalized spacial score (nSPS) is 21.6. The smallest absolute Gasteiger partial charge is 0.147 e. The highest BCUT2D eigenvalue weighted by Crippen LogP contribution is 2.38. The molecule has 3 atom stereocenters. The number of hydrogen-bond acceptors (Lipinski definition) is 6. The minimum Gasteiger partial charge on any atom is -0.383 e. The van der Waals surface area contributed by atoms with Crippen molar-refractivity contribution in [3.63, 3.8) is 0 Å². The van der Waals surface area contributed by atoms with E-state index < -0.39 is 0 Å². The van der Waals surface area contributed by atoms with E-state index in [1.54, 1.807) is 0 Å². The lowest BCUT2D eigenvalue weighted by molar-refractivity contribution is -0.0105. The molecule has 3 unspecified atom stereocenters. The average Bonchev–Trinajstić information content (AvgIpc) is 3.31. The van der Waals surface area contributed by atoms with Crippen LogP contribution in [0, 0.1) is 5.92 Å². The van der Waals surface area contributed by atoms with Crippen LogP contribution in [-0.2, 0) is 11.2 Å². The molecule has 7 nitrogen and oxygen atoms in total. The van der Waals surface area contributed by atoms with Gasteiger partial charge < -0.3 is 20.8 Å². The van der Waals surface area contributed by atoms with Gasteiger partial charge in [0.1, 0.15) is 29.8 Å². The number of aryl methyl sites for hydroxylation is 1. The van der Waals surface area contributed by atoms with Crippen LogP contribution in [-0.4, -0.2) is 25.6 Å². The standard InChI is InChI=1S/C22H23BrN6O/c1-12-8-15(30-22(12)29-7-6-16-19(24)26-11-27-21(16)29)5-3-13-2-4-14-10-17(23)20(25)28-18(14)9-13/h2,4,6-7,9-12,15,22H,3,5,8H2,1H3,(H2,25,28)(H2,24,26,27). The lowest BCUT2D eigenvalue weighted by Gasteiger charge is -2.18. The number of pyridine rings is 1. The van der Waals surface area contributed by atoms with Gasteiger partial charge in [-0.05, 0) is 59.0 Å². The molecule has 0 aliphatic carbocycles. The lowest BCUT2D eigenvalue weighted by Crippen LogP contribution is -2.14. The van der Waals surface area contributed by atoms with Crippen molar-refractivity contribution in [1.82, 2.24) is 19.5 Å². The molecule has 1 aliphatic rings. The number of anilines is 2. The zero-order valence-electron chi connectivity index (χ0n) is 16.6. The van der Waals surface area contributed by atoms with Crippen molar-refractivity contribution in [2.75, 3.05) is 11.5 Å². The minimum atomic E-state index is -0.0442. The Hall–Kier alpha value is -2.71. The maximum absolute atomic E-state index is 6.43. The van der Waals surface area contributed by atoms with Crippen LogP contribution in [0.5, 0.6) is 0 Å². The van der Waals surface area contributed by atoms with Crippen LogP contribution in [0.25, 0.3) is 21.9 Å². The van der Waals surface area contributed by atoms with Crippen LogP contribution in [0.4, 0.5) is 11.6 Å². The van der Waals surface area contributed by atoms with E-state index in [-0.39, 0.29) is 12.3 Å². The lowest BCUT2D eigenvalue weighted by atomic mass is 10.00. The van der Waals surface area contributed by atoms with E-state index in [9.17, 15) is 0 Å². The number of benzene rings is 1. The van der Waals surface area contributed by atoms with Crippen LogP contribution >= 0.6 is 15.9 Å². The summed E-state index contributed by atoms with van der Waals surface area (Å²) in [5, 5.41) is 1.94. The van der Waals surface area contributed by atoms with Gasteiger partial charge in [-0.25, -0.2) is 15.0 Å². The van der Waals surface area contributed by atoms with Crippen LogP contribution in [0.3, 0.4) is 0 Å². The molecule has 8 heteroatoms. The van der Waals surface area contributed by atoms with E-state index in [0.29, 0.717) is 17.6 Å². The van der Waals surface area contributed by atoms with Gasteiger partial charge in [-0.2, -0.15) is 0 Å². The monoisotopic (exact) mass is 466 g/mol. The fraction of sp³-hybridized carbons (Fsp3) is 0.318. The van der Waals surface area contributed by atoms with E-state index >= 15 is 0 Å². The Bertz CT molecular complexity index is 1240. The molecule has 1 aliphatic heterocycles. The van der Waals surface area contributed by atoms with Crippen molar-refractivity contribution < 1.29 is 4.74 Å². The van der Waals surface area contributed by atoms with Gasteiger partial charge >= 0.3 is 0 Å². The highest BCUT2D eigenvalue weighted by molar-refractivity contribution is 9.10. The number of hydrogen-bond donors (Lipinski definition) is 2. The highest BCUT2D eigenvalue weighted by Gasteiger charge is 2.34. The molecule has 0 radical (unpaired) electrons. The fourth-order valence-corrected chi connectivity index (χ4v) is 4.66. The number of aromatic nitrogens is 4. The molecule has 3 aromatic heterocycles. The number of halogens is 1. The van der Waals surface area contributed by atoms with Gasteiger partial charge in [0.25, 0.3) is 0 Å². The highest BCUT2D eigenvalue weighted by atomic mass is 79.9. The zero-order valence-corrected chi connectivity index (χ0v) is 18.2. The minimum absolute atomic E-state index is 0.0442. The molecular formula is C22H23BrN6O. The Balaban J connectivity index is 1.30. The summed E-state index contributed by atoms with van der Waals surface area (Å²) in [6.45, 7) is 2.22. The first-order chi connectivity index (χ1) is 14.5. The largest absolute Gasteiger partial charge is 0.383 e. The van der Waals surface area contributed by atoms with Crippen LogP contribution in [0.1, 0.15) is 31.6 Å². The molecule has 5 rings (SSSR count). The predicted octanol–water partition coefficient (Wildman–Crippen LogP) is 4.46. The van der Waals surface area contributed by atoms with Crippen molar-refractivity contribution >= 4 is 49.5 Å². The Labute approximate surface area is 182 Å². The molecule has 4 aromatic rings. The van der Waals surface area contributed by atoms with Gasteiger partial charge in [-0.15, -0.1) is 0 Å². The van der Waals surface area contributed by atoms with Crippen LogP contribution < -0.4 is 11.5 Å². The molecule has 0 saturated carbocycles. The quantitative estimate of drug-likeness (QED) is 0.459. The third kappa shape index (κ3) is 3.40. The van der Waals surface area contributed by atoms with Gasteiger partial charge in [-0.3, -0.25) is 0 Å². The van der Waals surface area contributed by atoms with Crippen LogP contribution in [0.2, 0.25) is 0 Å². The van der Waals surface area contributed by atoms with Gasteiger partial charge in [0.05, 0.1) is 21.5 Å². The molecule has 1 fully saturated rings. The number of fused-ring (bicyclic) bond motifs is 2. The van der Waals surface area contributed by atoms with Gasteiger partial charge in [-0.1, -0.05) is 19.1 Å². The topological polar surface area (TPSA) is 105 Å². The number of ether oxygens (including phenoxy) is 1. The molecule has 0 amide bonds. The first-order valence-corrected chi connectivity index (χ1v) is 10.9. The van der Waals surface area contributed by atoms with Gasteiger partial charge in [0, 0.05) is 17.5 Å². The molecule has 0 bridgehead atoms. The maximum Gasteiger partial charge on any atom is 0.147 e. The molecule has 30 heavy (non-hydrogen) atoms. The third-order valence-electron chi connectivity index (χ3n) is 5.89. The SMILES string of the molecule is CC1CC(CCc2ccc3cc(Br)c(N)nc3c2)OC1n1ccc2c(N)ncnc21. The second-order valence-electron chi connectivity index (χ2n) is 8.00. The number of nitrogen functional groups attached to an aromatic ring is 2. The van der Waals surface area contributed by atoms with Gasteiger partial charge in [0.15, 0.2) is 0 Å². The number of nitrogens with two attached hydrogens (primary N) is 2. The zero-order chi connectivity index (χ0) is 20.8. The third-order valence-corrected chi connectivity index (χ3v) is 6.52. The Kier molecular flexibility index (Phi) is 4.83. The number of nitrogens with zero attached hydrogens (tertiary/aromatic N) is 4. The van der Waals surface area contributed by atoms with E-state index in [4.69, 9.17) is 16.2 Å². The van der Waals surface area contributed by atoms with Gasteiger partial charge in [0.2, 0.25) is 0 Å². The summed E-state index contributed by atoms with van der Waals surface area (Å²) >= 11 is 3.44. The van der Waals surface area contributed by atoms with E-state index in [1.165, 1.54) is 11.9 Å². The van der Waals surface area contributed by atoms with E-state index in [1.807, 2.05) is 18.3 Å². The molecular weight excluding hydrogens is 444 g/mol. The second kappa shape index (κ2) is 7.52.